The number of rotatable bonds is 5. The lowest BCUT2D eigenvalue weighted by Gasteiger charge is -2.29. The van der Waals surface area contributed by atoms with E-state index in [1.807, 2.05) is 24.3 Å². The van der Waals surface area contributed by atoms with Crippen molar-refractivity contribution in [1.82, 2.24) is 19.9 Å². The number of hydrogen-bond acceptors (Lipinski definition) is 8. The zero-order chi connectivity index (χ0) is 26.2. The van der Waals surface area contributed by atoms with Crippen molar-refractivity contribution in [3.05, 3.63) is 46.2 Å². The Bertz CT molecular complexity index is 1360. The smallest absolute Gasteiger partial charge is 0.400 e. The Balaban J connectivity index is 1.56. The molecule has 0 amide bonds. The zero-order valence-corrected chi connectivity index (χ0v) is 20.3. The predicted molar refractivity (Wildman–Crippen MR) is 133 cm³/mol. The Hall–Kier alpha value is -3.67. The first-order valence-corrected chi connectivity index (χ1v) is 12.3. The third-order valence-electron chi connectivity index (χ3n) is 6.77. The van der Waals surface area contributed by atoms with Crippen LogP contribution < -0.4 is 25.8 Å². The molecule has 0 radical (unpaired) electrons. The monoisotopic (exact) mass is 516 g/mol. The maximum absolute atomic E-state index is 13.1. The number of esters is 1. The van der Waals surface area contributed by atoms with Crippen LogP contribution in [0.1, 0.15) is 37.3 Å². The molecular weight excluding hydrogens is 489 g/mol. The number of fused-ring (bicyclic) bond motifs is 1. The van der Waals surface area contributed by atoms with Gasteiger partial charge in [0.1, 0.15) is 0 Å². The van der Waals surface area contributed by atoms with Crippen LogP contribution in [0.3, 0.4) is 0 Å². The average molecular weight is 517 g/mol. The number of hydrogen-bond donors (Lipinski definition) is 2. The topological polar surface area (TPSA) is 101 Å². The largest absolute Gasteiger partial charge is 0.491 e. The van der Waals surface area contributed by atoms with Crippen molar-refractivity contribution in [2.24, 2.45) is 0 Å². The summed E-state index contributed by atoms with van der Waals surface area (Å²) in [6.45, 7) is 5.11. The number of aromatic nitrogens is 3. The molecule has 196 valence electrons. The number of piperazine rings is 1. The fourth-order valence-electron chi connectivity index (χ4n) is 4.98. The van der Waals surface area contributed by atoms with Crippen LogP contribution in [0, 0.1) is 6.92 Å². The van der Waals surface area contributed by atoms with Crippen molar-refractivity contribution in [1.29, 1.82) is 0 Å². The fourth-order valence-corrected chi connectivity index (χ4v) is 4.98. The van der Waals surface area contributed by atoms with Crippen molar-refractivity contribution < 1.29 is 22.7 Å². The summed E-state index contributed by atoms with van der Waals surface area (Å²) in [5, 5.41) is 6.40. The minimum Gasteiger partial charge on any atom is -0.400 e. The number of nitrogens with zero attached hydrogens (tertiary/aromatic N) is 4. The van der Waals surface area contributed by atoms with E-state index in [4.69, 9.17) is 4.74 Å². The summed E-state index contributed by atoms with van der Waals surface area (Å²) in [7, 11) is 0. The van der Waals surface area contributed by atoms with Gasteiger partial charge in [0, 0.05) is 49.7 Å². The van der Waals surface area contributed by atoms with Gasteiger partial charge in [-0.2, -0.15) is 23.1 Å². The molecule has 5 rings (SSSR count). The molecule has 3 aromatic rings. The van der Waals surface area contributed by atoms with E-state index in [0.29, 0.717) is 11.3 Å². The minimum atomic E-state index is -5.21. The second kappa shape index (κ2) is 10.0. The Morgan fingerprint density at radius 1 is 1.11 bits per heavy atom. The van der Waals surface area contributed by atoms with Crippen LogP contribution in [0.5, 0.6) is 5.88 Å². The highest BCUT2D eigenvalue weighted by molar-refractivity contribution is 5.89. The van der Waals surface area contributed by atoms with Crippen LogP contribution in [-0.4, -0.2) is 52.9 Å². The summed E-state index contributed by atoms with van der Waals surface area (Å²) in [6.07, 6.45) is -1.86. The van der Waals surface area contributed by atoms with Crippen LogP contribution in [0.2, 0.25) is 0 Å². The summed E-state index contributed by atoms with van der Waals surface area (Å²) in [4.78, 5) is 35.6. The summed E-state index contributed by atoms with van der Waals surface area (Å²) in [5.74, 6) is -3.02. The number of carbonyl (C=O) groups excluding carboxylic acids is 1. The van der Waals surface area contributed by atoms with Gasteiger partial charge in [-0.3, -0.25) is 9.36 Å². The molecule has 1 saturated carbocycles. The van der Waals surface area contributed by atoms with Gasteiger partial charge in [-0.25, -0.2) is 4.79 Å². The molecule has 3 heterocycles. The van der Waals surface area contributed by atoms with E-state index in [1.165, 1.54) is 10.6 Å². The molecular formula is C25H27F3N6O3. The van der Waals surface area contributed by atoms with E-state index in [9.17, 15) is 22.8 Å². The normalized spacial score (nSPS) is 16.8. The zero-order valence-electron chi connectivity index (χ0n) is 20.3. The molecule has 9 nitrogen and oxygen atoms in total. The van der Waals surface area contributed by atoms with Crippen molar-refractivity contribution in [2.45, 2.75) is 44.8 Å². The molecule has 2 fully saturated rings. The molecule has 0 bridgehead atoms. The Kier molecular flexibility index (Phi) is 6.76. The summed E-state index contributed by atoms with van der Waals surface area (Å²) in [6, 6.07) is 8.65. The van der Waals surface area contributed by atoms with Gasteiger partial charge in [0.05, 0.1) is 5.39 Å². The van der Waals surface area contributed by atoms with Crippen LogP contribution in [0.25, 0.3) is 11.0 Å². The SMILES string of the molecule is Cc1cc(=O)n(C2CCCC2)c2nc(Nc3ccc(N4CCNCC4)cc3)nc(OC(=O)C(F)(F)F)c12. The molecule has 2 N–H and O–H groups in total. The lowest BCUT2D eigenvalue weighted by atomic mass is 10.1. The number of carbonyl (C=O) groups is 1. The van der Waals surface area contributed by atoms with Gasteiger partial charge < -0.3 is 20.3 Å². The van der Waals surface area contributed by atoms with Gasteiger partial charge in [0.2, 0.25) is 11.8 Å². The van der Waals surface area contributed by atoms with E-state index in [-0.39, 0.29) is 28.6 Å². The number of anilines is 3. The second-order valence-corrected chi connectivity index (χ2v) is 9.32. The highest BCUT2D eigenvalue weighted by Gasteiger charge is 2.42. The lowest BCUT2D eigenvalue weighted by molar-refractivity contribution is -0.189. The summed E-state index contributed by atoms with van der Waals surface area (Å²) in [5.41, 5.74) is 1.78. The van der Waals surface area contributed by atoms with Crippen molar-refractivity contribution >= 4 is 34.3 Å². The first kappa shape index (κ1) is 25.0. The quantitative estimate of drug-likeness (QED) is 0.494. The van der Waals surface area contributed by atoms with Gasteiger partial charge in [-0.05, 0) is 49.6 Å². The first-order chi connectivity index (χ1) is 17.7. The van der Waals surface area contributed by atoms with Crippen molar-refractivity contribution in [2.75, 3.05) is 36.4 Å². The summed E-state index contributed by atoms with van der Waals surface area (Å²) >= 11 is 0. The van der Waals surface area contributed by atoms with Gasteiger partial charge in [0.15, 0.2) is 5.65 Å². The lowest BCUT2D eigenvalue weighted by Crippen LogP contribution is -2.43. The number of nitrogens with one attached hydrogen (secondary N) is 2. The average Bonchev–Trinajstić information content (AvgIpc) is 3.38. The number of ether oxygens (including phenoxy) is 1. The molecule has 1 saturated heterocycles. The van der Waals surface area contributed by atoms with E-state index in [2.05, 4.69) is 25.5 Å². The first-order valence-electron chi connectivity index (χ1n) is 12.3. The van der Waals surface area contributed by atoms with Crippen LogP contribution >= 0.6 is 0 Å². The molecule has 0 spiro atoms. The standard InChI is InChI=1S/C25H27F3N6O3/c1-15-14-19(35)34(18-4-2-3-5-18)21-20(15)22(37-23(36)25(26,27)28)32-24(31-21)30-16-6-8-17(9-7-16)33-12-10-29-11-13-33/h6-9,14,18,29H,2-5,10-13H2,1H3,(H,30,31,32). The number of alkyl halides is 3. The number of halogens is 3. The molecule has 1 aliphatic heterocycles. The number of benzene rings is 1. The molecule has 37 heavy (non-hydrogen) atoms. The van der Waals surface area contributed by atoms with Crippen LogP contribution in [0.15, 0.2) is 35.1 Å². The highest BCUT2D eigenvalue weighted by Crippen LogP contribution is 2.35. The maximum atomic E-state index is 13.1. The molecule has 12 heteroatoms. The van der Waals surface area contributed by atoms with Crippen molar-refractivity contribution in [3.63, 3.8) is 0 Å². The second-order valence-electron chi connectivity index (χ2n) is 9.32. The Morgan fingerprint density at radius 2 is 1.78 bits per heavy atom. The number of aryl methyl sites for hydroxylation is 1. The predicted octanol–water partition coefficient (Wildman–Crippen LogP) is 3.84. The van der Waals surface area contributed by atoms with Crippen LogP contribution in [-0.2, 0) is 4.79 Å². The molecule has 2 aromatic heterocycles. The van der Waals surface area contributed by atoms with Crippen molar-refractivity contribution in [3.8, 4) is 5.88 Å². The van der Waals surface area contributed by atoms with E-state index in [0.717, 1.165) is 57.5 Å². The summed E-state index contributed by atoms with van der Waals surface area (Å²) < 4.78 is 45.4. The Morgan fingerprint density at radius 3 is 2.43 bits per heavy atom. The molecule has 1 aliphatic carbocycles. The third kappa shape index (κ3) is 5.24. The van der Waals surface area contributed by atoms with Gasteiger partial charge in [-0.15, -0.1) is 0 Å². The Labute approximate surface area is 210 Å². The van der Waals surface area contributed by atoms with E-state index < -0.39 is 18.0 Å². The van der Waals surface area contributed by atoms with Crippen LogP contribution in [0.4, 0.5) is 30.5 Å². The molecule has 2 aliphatic rings. The van der Waals surface area contributed by atoms with E-state index in [1.54, 1.807) is 6.92 Å². The van der Waals surface area contributed by atoms with Gasteiger partial charge in [0.25, 0.3) is 5.56 Å². The molecule has 1 aromatic carbocycles. The maximum Gasteiger partial charge on any atom is 0.491 e. The van der Waals surface area contributed by atoms with Gasteiger partial charge in [-0.1, -0.05) is 12.8 Å². The highest BCUT2D eigenvalue weighted by atomic mass is 19.4. The minimum absolute atomic E-state index is 0.0795. The fraction of sp³-hybridized carbons (Fsp3) is 0.440. The van der Waals surface area contributed by atoms with Gasteiger partial charge >= 0.3 is 12.1 Å². The van der Waals surface area contributed by atoms with E-state index >= 15 is 0 Å². The molecule has 0 atom stereocenters. The number of pyridine rings is 1. The molecule has 0 unspecified atom stereocenters. The third-order valence-corrected chi connectivity index (χ3v) is 6.77.